The van der Waals surface area contributed by atoms with Gasteiger partial charge in [0.1, 0.15) is 0 Å². The van der Waals surface area contributed by atoms with E-state index in [1.54, 1.807) is 0 Å². The van der Waals surface area contributed by atoms with Crippen molar-refractivity contribution in [3.05, 3.63) is 0 Å². The first-order chi connectivity index (χ1) is 8.84. The Morgan fingerprint density at radius 2 is 1.44 bits per heavy atom. The molecule has 1 N–H and O–H groups in total. The highest BCUT2D eigenvalue weighted by Crippen LogP contribution is 2.13. The predicted molar refractivity (Wildman–Crippen MR) is 74.5 cm³/mol. The van der Waals surface area contributed by atoms with E-state index < -0.39 is 0 Å². The number of carbonyl (C=O) groups is 1. The van der Waals surface area contributed by atoms with Gasteiger partial charge in [-0.1, -0.05) is 44.9 Å². The molecule has 3 heteroatoms. The van der Waals surface area contributed by atoms with Crippen LogP contribution in [0, 0.1) is 0 Å². The van der Waals surface area contributed by atoms with Gasteiger partial charge in [-0.05, 0) is 19.3 Å². The number of aliphatic hydroxyl groups is 1. The third-order valence-corrected chi connectivity index (χ3v) is 3.76. The highest BCUT2D eigenvalue weighted by atomic mass is 16.3. The van der Waals surface area contributed by atoms with Crippen LogP contribution in [0.3, 0.4) is 0 Å². The molecule has 1 rings (SSSR count). The van der Waals surface area contributed by atoms with E-state index in [2.05, 4.69) is 0 Å². The molecular formula is C15H29NO2. The Morgan fingerprint density at radius 1 is 0.889 bits per heavy atom. The molecule has 3 nitrogen and oxygen atoms in total. The molecule has 18 heavy (non-hydrogen) atoms. The van der Waals surface area contributed by atoms with E-state index in [1.807, 2.05) is 4.90 Å². The monoisotopic (exact) mass is 255 g/mol. The van der Waals surface area contributed by atoms with Gasteiger partial charge in [0.25, 0.3) is 0 Å². The number of carbonyl (C=O) groups excluding carboxylic acids is 1. The van der Waals surface area contributed by atoms with Gasteiger partial charge in [-0.15, -0.1) is 0 Å². The van der Waals surface area contributed by atoms with E-state index in [4.69, 9.17) is 5.11 Å². The molecule has 0 saturated carbocycles. The maximum absolute atomic E-state index is 12.1. The van der Waals surface area contributed by atoms with Crippen LogP contribution in [0.4, 0.5) is 0 Å². The second-order valence-corrected chi connectivity index (χ2v) is 5.39. The molecule has 1 amide bonds. The Kier molecular flexibility index (Phi) is 8.92. The molecule has 0 spiro atoms. The highest BCUT2D eigenvalue weighted by Gasteiger charge is 2.12. The van der Waals surface area contributed by atoms with Gasteiger partial charge in [0.15, 0.2) is 0 Å². The number of nitrogens with zero attached hydrogens (tertiary/aromatic N) is 1. The summed E-state index contributed by atoms with van der Waals surface area (Å²) in [6.07, 6.45) is 12.6. The molecular weight excluding hydrogens is 226 g/mol. The summed E-state index contributed by atoms with van der Waals surface area (Å²) in [5, 5.41) is 8.89. The van der Waals surface area contributed by atoms with Gasteiger partial charge >= 0.3 is 0 Å². The van der Waals surface area contributed by atoms with E-state index in [1.165, 1.54) is 44.9 Å². The summed E-state index contributed by atoms with van der Waals surface area (Å²) < 4.78 is 0. The van der Waals surface area contributed by atoms with Gasteiger partial charge in [0.05, 0.1) is 0 Å². The molecule has 106 valence electrons. The molecule has 1 saturated heterocycles. The molecule has 1 heterocycles. The van der Waals surface area contributed by atoms with Crippen molar-refractivity contribution in [2.75, 3.05) is 19.7 Å². The Morgan fingerprint density at radius 3 is 2.06 bits per heavy atom. The van der Waals surface area contributed by atoms with Crippen LogP contribution in [0.1, 0.15) is 70.6 Å². The Bertz CT molecular complexity index is 219. The fourth-order valence-corrected chi connectivity index (χ4v) is 2.60. The normalized spacial score (nSPS) is 20.9. The van der Waals surface area contributed by atoms with E-state index in [0.29, 0.717) is 18.7 Å². The van der Waals surface area contributed by atoms with Gasteiger partial charge in [-0.3, -0.25) is 4.79 Å². The Hall–Kier alpha value is -0.570. The van der Waals surface area contributed by atoms with Crippen LogP contribution in [0.15, 0.2) is 0 Å². The summed E-state index contributed by atoms with van der Waals surface area (Å²) in [6, 6.07) is 0. The third-order valence-electron chi connectivity index (χ3n) is 3.76. The number of amides is 1. The van der Waals surface area contributed by atoms with E-state index in [9.17, 15) is 4.79 Å². The average molecular weight is 255 g/mol. The topological polar surface area (TPSA) is 40.5 Å². The molecule has 1 aliphatic rings. The SMILES string of the molecule is O=C1CCCCCCCCCCCN1CCCO. The number of hydrogen-bond acceptors (Lipinski definition) is 2. The molecule has 0 aliphatic carbocycles. The number of aliphatic hydroxyl groups excluding tert-OH is 1. The molecule has 0 radical (unpaired) electrons. The minimum absolute atomic E-state index is 0.184. The lowest BCUT2D eigenvalue weighted by Gasteiger charge is -2.22. The van der Waals surface area contributed by atoms with Crippen molar-refractivity contribution in [3.8, 4) is 0 Å². The maximum Gasteiger partial charge on any atom is 0.222 e. The van der Waals surface area contributed by atoms with Crippen molar-refractivity contribution in [2.24, 2.45) is 0 Å². The minimum atomic E-state index is 0.184. The lowest BCUT2D eigenvalue weighted by atomic mass is 10.1. The van der Waals surface area contributed by atoms with Crippen molar-refractivity contribution >= 4 is 5.91 Å². The van der Waals surface area contributed by atoms with Gasteiger partial charge in [-0.2, -0.15) is 0 Å². The smallest absolute Gasteiger partial charge is 0.222 e. The quantitative estimate of drug-likeness (QED) is 0.841. The third kappa shape index (κ3) is 7.00. The number of hydrogen-bond donors (Lipinski definition) is 1. The van der Waals surface area contributed by atoms with E-state index >= 15 is 0 Å². The maximum atomic E-state index is 12.1. The highest BCUT2D eigenvalue weighted by molar-refractivity contribution is 5.76. The van der Waals surface area contributed by atoms with Gasteiger partial charge in [-0.25, -0.2) is 0 Å². The zero-order valence-electron chi connectivity index (χ0n) is 11.7. The van der Waals surface area contributed by atoms with Crippen molar-refractivity contribution in [2.45, 2.75) is 70.6 Å². The lowest BCUT2D eigenvalue weighted by molar-refractivity contribution is -0.131. The van der Waals surface area contributed by atoms with Crippen molar-refractivity contribution < 1.29 is 9.90 Å². The zero-order chi connectivity index (χ0) is 13.1. The minimum Gasteiger partial charge on any atom is -0.396 e. The second kappa shape index (κ2) is 10.4. The van der Waals surface area contributed by atoms with Gasteiger partial charge < -0.3 is 10.0 Å². The fourth-order valence-electron chi connectivity index (χ4n) is 2.60. The molecule has 0 unspecified atom stereocenters. The van der Waals surface area contributed by atoms with E-state index in [-0.39, 0.29) is 6.61 Å². The predicted octanol–water partition coefficient (Wildman–Crippen LogP) is 3.11. The zero-order valence-corrected chi connectivity index (χ0v) is 11.7. The lowest BCUT2D eigenvalue weighted by Crippen LogP contribution is -2.33. The molecule has 0 aromatic rings. The first-order valence-corrected chi connectivity index (χ1v) is 7.73. The van der Waals surface area contributed by atoms with Crippen LogP contribution < -0.4 is 0 Å². The molecule has 0 aromatic carbocycles. The van der Waals surface area contributed by atoms with Crippen LogP contribution in [-0.4, -0.2) is 35.6 Å². The summed E-state index contributed by atoms with van der Waals surface area (Å²) in [6.45, 7) is 1.80. The van der Waals surface area contributed by atoms with Crippen LogP contribution in [0.2, 0.25) is 0 Å². The average Bonchev–Trinajstić information content (AvgIpc) is 2.40. The van der Waals surface area contributed by atoms with Gasteiger partial charge in [0.2, 0.25) is 5.91 Å². The van der Waals surface area contributed by atoms with Crippen LogP contribution in [0.5, 0.6) is 0 Å². The summed E-state index contributed by atoms with van der Waals surface area (Å²) in [5.41, 5.74) is 0. The molecule has 1 fully saturated rings. The molecule has 1 aliphatic heterocycles. The van der Waals surface area contributed by atoms with Crippen molar-refractivity contribution in [1.29, 1.82) is 0 Å². The summed E-state index contributed by atoms with van der Waals surface area (Å²) in [4.78, 5) is 14.0. The molecule has 0 bridgehead atoms. The number of rotatable bonds is 3. The summed E-state index contributed by atoms with van der Waals surface area (Å²) in [5.74, 6) is 0.294. The Labute approximate surface area is 112 Å². The Balaban J connectivity index is 2.37. The first-order valence-electron chi connectivity index (χ1n) is 7.73. The van der Waals surface area contributed by atoms with Crippen LogP contribution in [0.25, 0.3) is 0 Å². The fraction of sp³-hybridized carbons (Fsp3) is 0.933. The van der Waals surface area contributed by atoms with Crippen molar-refractivity contribution in [3.63, 3.8) is 0 Å². The van der Waals surface area contributed by atoms with Gasteiger partial charge in [0, 0.05) is 26.1 Å². The second-order valence-electron chi connectivity index (χ2n) is 5.39. The standard InChI is InChI=1S/C15H29NO2/c17-14-10-13-16-12-9-7-5-3-1-2-4-6-8-11-15(16)18/h17H,1-14H2. The van der Waals surface area contributed by atoms with Crippen molar-refractivity contribution in [1.82, 2.24) is 4.90 Å². The summed E-state index contributed by atoms with van der Waals surface area (Å²) in [7, 11) is 0. The van der Waals surface area contributed by atoms with E-state index in [0.717, 1.165) is 25.9 Å². The first kappa shape index (κ1) is 15.5. The molecule has 0 atom stereocenters. The molecule has 0 aromatic heterocycles. The summed E-state index contributed by atoms with van der Waals surface area (Å²) >= 11 is 0. The largest absolute Gasteiger partial charge is 0.396 e. The van der Waals surface area contributed by atoms with Crippen LogP contribution >= 0.6 is 0 Å². The van der Waals surface area contributed by atoms with Crippen LogP contribution in [-0.2, 0) is 4.79 Å².